The highest BCUT2D eigenvalue weighted by atomic mass is 15.3. The van der Waals surface area contributed by atoms with E-state index in [1.165, 1.54) is 62.1 Å². The van der Waals surface area contributed by atoms with Crippen LogP contribution in [0.15, 0.2) is 12.3 Å². The molecule has 0 amide bonds. The average Bonchev–Trinajstić information content (AvgIpc) is 2.27. The van der Waals surface area contributed by atoms with Crippen molar-refractivity contribution in [3.8, 4) is 0 Å². The highest BCUT2D eigenvalue weighted by molar-refractivity contribution is 5.50. The Kier molecular flexibility index (Phi) is 2.61. The maximum Gasteiger partial charge on any atom is 0.131 e. The lowest BCUT2D eigenvalue weighted by Crippen LogP contribution is -2.57. The summed E-state index contributed by atoms with van der Waals surface area (Å²) in [6.45, 7) is 6.78. The monoisotopic (exact) mass is 230 g/mol. The van der Waals surface area contributed by atoms with E-state index in [-0.39, 0.29) is 0 Å². The van der Waals surface area contributed by atoms with E-state index in [2.05, 4.69) is 29.8 Å². The molecule has 2 aliphatic rings. The summed E-state index contributed by atoms with van der Waals surface area (Å²) in [4.78, 5) is 7.08. The molecular weight excluding hydrogens is 208 g/mol. The maximum absolute atomic E-state index is 4.60. The Morgan fingerprint density at radius 1 is 1.12 bits per heavy atom. The summed E-state index contributed by atoms with van der Waals surface area (Å²) in [5, 5.41) is 0. The van der Waals surface area contributed by atoms with Crippen LogP contribution in [0.2, 0.25) is 0 Å². The van der Waals surface area contributed by atoms with Crippen molar-refractivity contribution in [2.45, 2.75) is 46.0 Å². The molecule has 1 aromatic heterocycles. The largest absolute Gasteiger partial charge is 0.355 e. The van der Waals surface area contributed by atoms with Gasteiger partial charge in [0.15, 0.2) is 0 Å². The Morgan fingerprint density at radius 2 is 1.82 bits per heavy atom. The van der Waals surface area contributed by atoms with Gasteiger partial charge in [-0.3, -0.25) is 0 Å². The lowest BCUT2D eigenvalue weighted by molar-refractivity contribution is 0.138. The van der Waals surface area contributed by atoms with Gasteiger partial charge in [0.2, 0.25) is 0 Å². The van der Waals surface area contributed by atoms with Gasteiger partial charge >= 0.3 is 0 Å². The number of hydrogen-bond donors (Lipinski definition) is 0. The number of anilines is 1. The van der Waals surface area contributed by atoms with E-state index < -0.39 is 0 Å². The fraction of sp³-hybridized carbons (Fsp3) is 0.667. The first-order valence-electron chi connectivity index (χ1n) is 6.87. The lowest BCUT2D eigenvalue weighted by atomic mass is 9.68. The van der Waals surface area contributed by atoms with Gasteiger partial charge in [-0.1, -0.05) is 25.3 Å². The first-order valence-corrected chi connectivity index (χ1v) is 6.87. The summed E-state index contributed by atoms with van der Waals surface area (Å²) < 4.78 is 0. The first kappa shape index (κ1) is 11.1. The second kappa shape index (κ2) is 4.01. The summed E-state index contributed by atoms with van der Waals surface area (Å²) >= 11 is 0. The van der Waals surface area contributed by atoms with Crippen LogP contribution in [0.3, 0.4) is 0 Å². The van der Waals surface area contributed by atoms with E-state index in [0.29, 0.717) is 5.41 Å². The van der Waals surface area contributed by atoms with Crippen LogP contribution >= 0.6 is 0 Å². The van der Waals surface area contributed by atoms with Gasteiger partial charge in [0.25, 0.3) is 0 Å². The van der Waals surface area contributed by atoms with Crippen LogP contribution in [0, 0.1) is 19.3 Å². The molecule has 2 fully saturated rings. The van der Waals surface area contributed by atoms with E-state index in [9.17, 15) is 0 Å². The SMILES string of the molecule is Cc1cnc(N2CC3(CCCCC3)C2)c(C)c1. The summed E-state index contributed by atoms with van der Waals surface area (Å²) in [7, 11) is 0. The Balaban J connectivity index is 1.72. The second-order valence-corrected chi connectivity index (χ2v) is 6.07. The van der Waals surface area contributed by atoms with Crippen molar-refractivity contribution in [1.29, 1.82) is 0 Å². The smallest absolute Gasteiger partial charge is 0.131 e. The van der Waals surface area contributed by atoms with Gasteiger partial charge in [-0.05, 0) is 37.8 Å². The predicted molar refractivity (Wildman–Crippen MR) is 71.4 cm³/mol. The molecule has 2 heteroatoms. The fourth-order valence-corrected chi connectivity index (χ4v) is 3.57. The van der Waals surface area contributed by atoms with Gasteiger partial charge in [0, 0.05) is 24.7 Å². The molecule has 1 aliphatic heterocycles. The van der Waals surface area contributed by atoms with Gasteiger partial charge in [-0.15, -0.1) is 0 Å². The molecular formula is C15H22N2. The van der Waals surface area contributed by atoms with Crippen LogP contribution in [-0.2, 0) is 0 Å². The van der Waals surface area contributed by atoms with E-state index in [1.807, 2.05) is 6.20 Å². The normalized spacial score (nSPS) is 22.6. The Hall–Kier alpha value is -1.05. The van der Waals surface area contributed by atoms with Gasteiger partial charge in [0.1, 0.15) is 5.82 Å². The average molecular weight is 230 g/mol. The third-order valence-electron chi connectivity index (χ3n) is 4.45. The number of aromatic nitrogens is 1. The van der Waals surface area contributed by atoms with Crippen LogP contribution in [0.25, 0.3) is 0 Å². The molecule has 0 aromatic carbocycles. The molecule has 0 N–H and O–H groups in total. The molecule has 1 spiro atoms. The Bertz CT molecular complexity index is 411. The third-order valence-corrected chi connectivity index (χ3v) is 4.45. The molecule has 92 valence electrons. The standard InChI is InChI=1S/C15H22N2/c1-12-8-13(2)14(16-9-12)17-10-15(11-17)6-4-3-5-7-15/h8-9H,3-7,10-11H2,1-2H3. The summed E-state index contributed by atoms with van der Waals surface area (Å²) in [5.41, 5.74) is 3.24. The summed E-state index contributed by atoms with van der Waals surface area (Å²) in [5.74, 6) is 1.21. The van der Waals surface area contributed by atoms with Crippen molar-refractivity contribution in [2.75, 3.05) is 18.0 Å². The zero-order valence-corrected chi connectivity index (χ0v) is 11.0. The molecule has 2 heterocycles. The molecule has 0 bridgehead atoms. The molecule has 1 saturated carbocycles. The molecule has 1 aromatic rings. The minimum atomic E-state index is 0.650. The summed E-state index contributed by atoms with van der Waals surface area (Å²) in [6, 6.07) is 2.24. The zero-order chi connectivity index (χ0) is 11.9. The number of pyridine rings is 1. The topological polar surface area (TPSA) is 16.1 Å². The fourth-order valence-electron chi connectivity index (χ4n) is 3.57. The lowest BCUT2D eigenvalue weighted by Gasteiger charge is -2.53. The Morgan fingerprint density at radius 3 is 2.47 bits per heavy atom. The second-order valence-electron chi connectivity index (χ2n) is 6.07. The highest BCUT2D eigenvalue weighted by Crippen LogP contribution is 2.45. The van der Waals surface area contributed by atoms with Crippen LogP contribution in [0.5, 0.6) is 0 Å². The quantitative estimate of drug-likeness (QED) is 0.734. The number of aryl methyl sites for hydroxylation is 2. The van der Waals surface area contributed by atoms with Crippen molar-refractivity contribution >= 4 is 5.82 Å². The molecule has 1 aliphatic carbocycles. The highest BCUT2D eigenvalue weighted by Gasteiger charge is 2.44. The van der Waals surface area contributed by atoms with E-state index in [1.54, 1.807) is 0 Å². The van der Waals surface area contributed by atoms with Crippen LogP contribution < -0.4 is 4.90 Å². The number of nitrogens with zero attached hydrogens (tertiary/aromatic N) is 2. The van der Waals surface area contributed by atoms with Crippen LogP contribution in [0.1, 0.15) is 43.2 Å². The van der Waals surface area contributed by atoms with Crippen LogP contribution in [-0.4, -0.2) is 18.1 Å². The van der Waals surface area contributed by atoms with E-state index in [0.717, 1.165) is 0 Å². The van der Waals surface area contributed by atoms with E-state index in [4.69, 9.17) is 0 Å². The third kappa shape index (κ3) is 1.94. The molecule has 17 heavy (non-hydrogen) atoms. The molecule has 0 unspecified atom stereocenters. The van der Waals surface area contributed by atoms with Gasteiger partial charge in [-0.2, -0.15) is 0 Å². The molecule has 1 saturated heterocycles. The maximum atomic E-state index is 4.60. The van der Waals surface area contributed by atoms with Crippen molar-refractivity contribution in [3.05, 3.63) is 23.4 Å². The van der Waals surface area contributed by atoms with Gasteiger partial charge < -0.3 is 4.90 Å². The van der Waals surface area contributed by atoms with Gasteiger partial charge in [-0.25, -0.2) is 4.98 Å². The minimum Gasteiger partial charge on any atom is -0.355 e. The van der Waals surface area contributed by atoms with Crippen molar-refractivity contribution in [1.82, 2.24) is 4.98 Å². The first-order chi connectivity index (χ1) is 8.19. The van der Waals surface area contributed by atoms with Gasteiger partial charge in [0.05, 0.1) is 0 Å². The zero-order valence-electron chi connectivity index (χ0n) is 11.0. The Labute approximate surface area is 104 Å². The molecule has 3 rings (SSSR count). The molecule has 0 atom stereocenters. The molecule has 2 nitrogen and oxygen atoms in total. The number of hydrogen-bond acceptors (Lipinski definition) is 2. The van der Waals surface area contributed by atoms with Crippen LogP contribution in [0.4, 0.5) is 5.82 Å². The molecule has 0 radical (unpaired) electrons. The van der Waals surface area contributed by atoms with Crippen molar-refractivity contribution in [3.63, 3.8) is 0 Å². The number of rotatable bonds is 1. The predicted octanol–water partition coefficient (Wildman–Crippen LogP) is 3.47. The van der Waals surface area contributed by atoms with Crippen molar-refractivity contribution < 1.29 is 0 Å². The summed E-state index contributed by atoms with van der Waals surface area (Å²) in [6.07, 6.45) is 9.20. The minimum absolute atomic E-state index is 0.650. The van der Waals surface area contributed by atoms with E-state index >= 15 is 0 Å². The van der Waals surface area contributed by atoms with Crippen molar-refractivity contribution in [2.24, 2.45) is 5.41 Å².